The van der Waals surface area contributed by atoms with Gasteiger partial charge in [0.05, 0.1) is 12.9 Å². The second-order valence-corrected chi connectivity index (χ2v) is 3.73. The minimum atomic E-state index is -0.0741. The third-order valence-electron chi connectivity index (χ3n) is 1.93. The van der Waals surface area contributed by atoms with Crippen molar-refractivity contribution in [3.63, 3.8) is 0 Å². The summed E-state index contributed by atoms with van der Waals surface area (Å²) in [5.41, 5.74) is 0.0530. The quantitative estimate of drug-likeness (QED) is 0.691. The lowest BCUT2D eigenvalue weighted by Gasteiger charge is -2.15. The number of rotatable bonds is 1. The highest BCUT2D eigenvalue weighted by atomic mass is 16.5. The summed E-state index contributed by atoms with van der Waals surface area (Å²) >= 11 is 0. The standard InChI is InChI=1S/C9H13NO2/c1-9(2)6-12-8(10-9)7-4-3-5-11-7/h3-5,8,10H,6H2,1-2H3. The SMILES string of the molecule is CC1(C)COC(c2ccco2)N1. The van der Waals surface area contributed by atoms with E-state index in [1.54, 1.807) is 6.26 Å². The van der Waals surface area contributed by atoms with Crippen molar-refractivity contribution < 1.29 is 9.15 Å². The molecule has 1 aromatic rings. The lowest BCUT2D eigenvalue weighted by molar-refractivity contribution is 0.0812. The molecule has 2 heterocycles. The van der Waals surface area contributed by atoms with Crippen LogP contribution in [0.3, 0.4) is 0 Å². The summed E-state index contributed by atoms with van der Waals surface area (Å²) in [6.45, 7) is 4.93. The van der Waals surface area contributed by atoms with Gasteiger partial charge < -0.3 is 9.15 Å². The van der Waals surface area contributed by atoms with E-state index >= 15 is 0 Å². The van der Waals surface area contributed by atoms with Gasteiger partial charge in [0.15, 0.2) is 6.23 Å². The Bertz CT molecular complexity index is 254. The molecule has 0 aromatic carbocycles. The molecule has 1 saturated heterocycles. The molecule has 1 aromatic heterocycles. The highest BCUT2D eigenvalue weighted by molar-refractivity contribution is 5.04. The van der Waals surface area contributed by atoms with Crippen LogP contribution in [0.2, 0.25) is 0 Å². The van der Waals surface area contributed by atoms with Gasteiger partial charge in [-0.15, -0.1) is 0 Å². The second kappa shape index (κ2) is 2.61. The third-order valence-corrected chi connectivity index (χ3v) is 1.93. The number of nitrogens with one attached hydrogen (secondary N) is 1. The summed E-state index contributed by atoms with van der Waals surface area (Å²) < 4.78 is 10.7. The molecule has 1 atom stereocenters. The maximum absolute atomic E-state index is 5.51. The maximum Gasteiger partial charge on any atom is 0.167 e. The monoisotopic (exact) mass is 167 g/mol. The first-order chi connectivity index (χ1) is 5.67. The van der Waals surface area contributed by atoms with Gasteiger partial charge in [-0.25, -0.2) is 0 Å². The van der Waals surface area contributed by atoms with Crippen LogP contribution in [-0.2, 0) is 4.74 Å². The summed E-state index contributed by atoms with van der Waals surface area (Å²) in [4.78, 5) is 0. The van der Waals surface area contributed by atoms with Crippen molar-refractivity contribution >= 4 is 0 Å². The average molecular weight is 167 g/mol. The molecule has 1 N–H and O–H groups in total. The minimum Gasteiger partial charge on any atom is -0.465 e. The van der Waals surface area contributed by atoms with E-state index in [0.717, 1.165) is 12.4 Å². The van der Waals surface area contributed by atoms with Crippen LogP contribution in [0.25, 0.3) is 0 Å². The molecule has 0 spiro atoms. The Hall–Kier alpha value is -0.800. The summed E-state index contributed by atoms with van der Waals surface area (Å²) in [5, 5.41) is 3.32. The first-order valence-corrected chi connectivity index (χ1v) is 4.10. The van der Waals surface area contributed by atoms with E-state index < -0.39 is 0 Å². The van der Waals surface area contributed by atoms with E-state index in [9.17, 15) is 0 Å². The number of ether oxygens (including phenoxy) is 1. The van der Waals surface area contributed by atoms with Crippen molar-refractivity contribution in [3.8, 4) is 0 Å². The van der Waals surface area contributed by atoms with Gasteiger partial charge in [0, 0.05) is 5.54 Å². The van der Waals surface area contributed by atoms with Gasteiger partial charge in [0.25, 0.3) is 0 Å². The zero-order valence-corrected chi connectivity index (χ0v) is 7.33. The molecule has 1 fully saturated rings. The van der Waals surface area contributed by atoms with Crippen molar-refractivity contribution in [2.75, 3.05) is 6.61 Å². The van der Waals surface area contributed by atoms with Crippen LogP contribution < -0.4 is 5.32 Å². The Morgan fingerprint density at radius 2 is 2.42 bits per heavy atom. The van der Waals surface area contributed by atoms with Gasteiger partial charge in [-0.2, -0.15) is 0 Å². The van der Waals surface area contributed by atoms with Crippen LogP contribution in [0.1, 0.15) is 25.8 Å². The Morgan fingerprint density at radius 3 is 2.92 bits per heavy atom. The molecule has 66 valence electrons. The topological polar surface area (TPSA) is 34.4 Å². The van der Waals surface area contributed by atoms with E-state index in [1.165, 1.54) is 0 Å². The van der Waals surface area contributed by atoms with E-state index in [2.05, 4.69) is 19.2 Å². The van der Waals surface area contributed by atoms with Crippen LogP contribution in [0.15, 0.2) is 22.8 Å². The maximum atomic E-state index is 5.51. The highest BCUT2D eigenvalue weighted by Gasteiger charge is 2.32. The first kappa shape index (κ1) is 7.83. The van der Waals surface area contributed by atoms with Gasteiger partial charge in [-0.1, -0.05) is 0 Å². The summed E-state index contributed by atoms with van der Waals surface area (Å²) in [6, 6.07) is 3.78. The van der Waals surface area contributed by atoms with E-state index in [-0.39, 0.29) is 11.8 Å². The van der Waals surface area contributed by atoms with Gasteiger partial charge in [-0.3, -0.25) is 5.32 Å². The van der Waals surface area contributed by atoms with Crippen LogP contribution in [0.4, 0.5) is 0 Å². The lowest BCUT2D eigenvalue weighted by atomic mass is 10.1. The van der Waals surface area contributed by atoms with Crippen LogP contribution >= 0.6 is 0 Å². The molecule has 0 bridgehead atoms. The molecule has 1 aliphatic rings. The molecule has 3 nitrogen and oxygen atoms in total. The number of hydrogen-bond acceptors (Lipinski definition) is 3. The van der Waals surface area contributed by atoms with Gasteiger partial charge in [-0.05, 0) is 26.0 Å². The third kappa shape index (κ3) is 1.38. The van der Waals surface area contributed by atoms with Crippen molar-refractivity contribution in [1.82, 2.24) is 5.32 Å². The highest BCUT2D eigenvalue weighted by Crippen LogP contribution is 2.25. The van der Waals surface area contributed by atoms with E-state index in [1.807, 2.05) is 12.1 Å². The van der Waals surface area contributed by atoms with Crippen molar-refractivity contribution in [2.24, 2.45) is 0 Å². The Balaban J connectivity index is 2.10. The van der Waals surface area contributed by atoms with Gasteiger partial charge in [0.1, 0.15) is 5.76 Å². The predicted octanol–water partition coefficient (Wildman–Crippen LogP) is 1.68. The summed E-state index contributed by atoms with van der Waals surface area (Å²) in [6.07, 6.45) is 1.58. The Morgan fingerprint density at radius 1 is 1.58 bits per heavy atom. The molecule has 0 saturated carbocycles. The van der Waals surface area contributed by atoms with Crippen molar-refractivity contribution in [1.29, 1.82) is 0 Å². The van der Waals surface area contributed by atoms with E-state index in [0.29, 0.717) is 0 Å². The predicted molar refractivity (Wildman–Crippen MR) is 44.6 cm³/mol. The van der Waals surface area contributed by atoms with E-state index in [4.69, 9.17) is 9.15 Å². The summed E-state index contributed by atoms with van der Waals surface area (Å²) in [7, 11) is 0. The Labute approximate surface area is 71.7 Å². The zero-order valence-electron chi connectivity index (χ0n) is 7.33. The molecule has 1 aliphatic heterocycles. The van der Waals surface area contributed by atoms with Gasteiger partial charge >= 0.3 is 0 Å². The Kier molecular flexibility index (Phi) is 1.70. The molecule has 3 heteroatoms. The second-order valence-electron chi connectivity index (χ2n) is 3.73. The van der Waals surface area contributed by atoms with Crippen molar-refractivity contribution in [2.45, 2.75) is 25.6 Å². The minimum absolute atomic E-state index is 0.0530. The molecule has 12 heavy (non-hydrogen) atoms. The molecule has 2 rings (SSSR count). The lowest BCUT2D eigenvalue weighted by Crippen LogP contribution is -2.35. The van der Waals surface area contributed by atoms with Gasteiger partial charge in [0.2, 0.25) is 0 Å². The van der Waals surface area contributed by atoms with Crippen LogP contribution in [0, 0.1) is 0 Å². The van der Waals surface area contributed by atoms with Crippen molar-refractivity contribution in [3.05, 3.63) is 24.2 Å². The fourth-order valence-corrected chi connectivity index (χ4v) is 1.32. The average Bonchev–Trinajstić information content (AvgIpc) is 2.55. The first-order valence-electron chi connectivity index (χ1n) is 4.10. The molecule has 0 amide bonds. The zero-order chi connectivity index (χ0) is 8.60. The summed E-state index contributed by atoms with van der Waals surface area (Å²) in [5.74, 6) is 0.848. The molecule has 1 unspecified atom stereocenters. The molecule has 0 aliphatic carbocycles. The van der Waals surface area contributed by atoms with Crippen LogP contribution in [0.5, 0.6) is 0 Å². The molecular formula is C9H13NO2. The largest absolute Gasteiger partial charge is 0.465 e. The fourth-order valence-electron chi connectivity index (χ4n) is 1.32. The number of hydrogen-bond donors (Lipinski definition) is 1. The van der Waals surface area contributed by atoms with Crippen LogP contribution in [-0.4, -0.2) is 12.1 Å². The normalized spacial score (nSPS) is 27.7. The molecule has 0 radical (unpaired) electrons. The molecular weight excluding hydrogens is 154 g/mol. The smallest absolute Gasteiger partial charge is 0.167 e. The number of furan rings is 1. The fraction of sp³-hybridized carbons (Fsp3) is 0.556.